The van der Waals surface area contributed by atoms with Crippen LogP contribution in [0.25, 0.3) is 0 Å². The lowest BCUT2D eigenvalue weighted by Gasteiger charge is -2.19. The number of aryl methyl sites for hydroxylation is 1. The molecule has 5 nitrogen and oxygen atoms in total. The molecule has 0 spiro atoms. The van der Waals surface area contributed by atoms with Gasteiger partial charge in [-0.2, -0.15) is 0 Å². The molecule has 6 heteroatoms. The van der Waals surface area contributed by atoms with E-state index >= 15 is 0 Å². The lowest BCUT2D eigenvalue weighted by Crippen LogP contribution is -2.37. The molecule has 0 aliphatic carbocycles. The Balaban J connectivity index is 0.00000484. The number of rotatable bonds is 9. The van der Waals surface area contributed by atoms with Crippen molar-refractivity contribution in [1.29, 1.82) is 0 Å². The van der Waals surface area contributed by atoms with Gasteiger partial charge >= 0.3 is 0 Å². The fraction of sp³-hybridized carbons (Fsp3) is 0.588. The third kappa shape index (κ3) is 7.87. The van der Waals surface area contributed by atoms with Crippen molar-refractivity contribution in [3.8, 4) is 5.75 Å². The van der Waals surface area contributed by atoms with Gasteiger partial charge in [0.2, 0.25) is 0 Å². The molecule has 0 aliphatic rings. The predicted octanol–water partition coefficient (Wildman–Crippen LogP) is 3.18. The van der Waals surface area contributed by atoms with Crippen molar-refractivity contribution in [3.63, 3.8) is 0 Å². The third-order valence-corrected chi connectivity index (χ3v) is 3.47. The molecule has 0 unspecified atom stereocenters. The molecule has 2 N–H and O–H groups in total. The van der Waals surface area contributed by atoms with Crippen LogP contribution >= 0.6 is 24.0 Å². The summed E-state index contributed by atoms with van der Waals surface area (Å²) in [6.07, 6.45) is 0.870. The van der Waals surface area contributed by atoms with Gasteiger partial charge in [0.15, 0.2) is 5.96 Å². The highest BCUT2D eigenvalue weighted by molar-refractivity contribution is 14.0. The van der Waals surface area contributed by atoms with Gasteiger partial charge in [-0.25, -0.2) is 4.99 Å². The van der Waals surface area contributed by atoms with Crippen molar-refractivity contribution < 1.29 is 9.47 Å². The molecule has 1 aromatic carbocycles. The third-order valence-electron chi connectivity index (χ3n) is 3.47. The SMILES string of the molecule is CCN(CC)C(N)=NCc1ccc(C)cc1OCCCOC.I. The molecule has 0 saturated heterocycles. The molecule has 0 aliphatic heterocycles. The van der Waals surface area contributed by atoms with E-state index in [-0.39, 0.29) is 24.0 Å². The van der Waals surface area contributed by atoms with Crippen molar-refractivity contribution in [2.45, 2.75) is 33.7 Å². The van der Waals surface area contributed by atoms with Crippen LogP contribution in [0.2, 0.25) is 0 Å². The second kappa shape index (κ2) is 12.4. The Hall–Kier alpha value is -1.02. The Morgan fingerprint density at radius 2 is 1.91 bits per heavy atom. The van der Waals surface area contributed by atoms with Gasteiger partial charge in [-0.3, -0.25) is 0 Å². The second-order valence-electron chi connectivity index (χ2n) is 5.15. The number of halogens is 1. The van der Waals surface area contributed by atoms with Crippen LogP contribution in [0.5, 0.6) is 5.75 Å². The highest BCUT2D eigenvalue weighted by Gasteiger charge is 2.06. The first-order chi connectivity index (χ1) is 10.6. The Bertz CT molecular complexity index is 477. The smallest absolute Gasteiger partial charge is 0.191 e. The highest BCUT2D eigenvalue weighted by atomic mass is 127. The minimum atomic E-state index is 0. The number of guanidine groups is 1. The lowest BCUT2D eigenvalue weighted by atomic mass is 10.1. The van der Waals surface area contributed by atoms with Crippen molar-refractivity contribution in [2.24, 2.45) is 10.7 Å². The maximum absolute atomic E-state index is 6.03. The van der Waals surface area contributed by atoms with Crippen LogP contribution < -0.4 is 10.5 Å². The lowest BCUT2D eigenvalue weighted by molar-refractivity contribution is 0.172. The maximum Gasteiger partial charge on any atom is 0.191 e. The van der Waals surface area contributed by atoms with Crippen LogP contribution in [0.15, 0.2) is 23.2 Å². The minimum absolute atomic E-state index is 0. The average Bonchev–Trinajstić information content (AvgIpc) is 2.52. The predicted molar refractivity (Wildman–Crippen MR) is 107 cm³/mol. The van der Waals surface area contributed by atoms with Gasteiger partial charge in [0.25, 0.3) is 0 Å². The van der Waals surface area contributed by atoms with Crippen LogP contribution in [-0.2, 0) is 11.3 Å². The van der Waals surface area contributed by atoms with Crippen molar-refractivity contribution in [1.82, 2.24) is 4.90 Å². The zero-order valence-corrected chi connectivity index (χ0v) is 17.0. The van der Waals surface area contributed by atoms with Gasteiger partial charge in [-0.15, -0.1) is 24.0 Å². The summed E-state index contributed by atoms with van der Waals surface area (Å²) in [5.74, 6) is 1.46. The van der Waals surface area contributed by atoms with Gasteiger partial charge in [-0.1, -0.05) is 12.1 Å². The molecule has 0 saturated carbocycles. The Morgan fingerprint density at radius 1 is 1.22 bits per heavy atom. The van der Waals surface area contributed by atoms with E-state index in [9.17, 15) is 0 Å². The van der Waals surface area contributed by atoms with E-state index in [0.29, 0.717) is 25.7 Å². The van der Waals surface area contributed by atoms with Gasteiger partial charge in [0.05, 0.1) is 13.2 Å². The minimum Gasteiger partial charge on any atom is -0.493 e. The summed E-state index contributed by atoms with van der Waals surface area (Å²) in [6.45, 7) is 9.79. The molecule has 0 atom stereocenters. The number of hydrogen-bond acceptors (Lipinski definition) is 3. The van der Waals surface area contributed by atoms with E-state index in [1.807, 2.05) is 11.0 Å². The van der Waals surface area contributed by atoms with Gasteiger partial charge in [0, 0.05) is 38.8 Å². The molecule has 0 heterocycles. The van der Waals surface area contributed by atoms with Gasteiger partial charge in [0.1, 0.15) is 5.75 Å². The van der Waals surface area contributed by atoms with E-state index < -0.39 is 0 Å². The van der Waals surface area contributed by atoms with Gasteiger partial charge in [-0.05, 0) is 32.4 Å². The summed E-state index contributed by atoms with van der Waals surface area (Å²) in [5.41, 5.74) is 8.25. The van der Waals surface area contributed by atoms with Crippen molar-refractivity contribution in [2.75, 3.05) is 33.4 Å². The molecule has 1 rings (SSSR count). The summed E-state index contributed by atoms with van der Waals surface area (Å²) in [6, 6.07) is 6.17. The Labute approximate surface area is 157 Å². The van der Waals surface area contributed by atoms with Crippen LogP contribution in [-0.4, -0.2) is 44.3 Å². The molecular formula is C17H30IN3O2. The molecular weight excluding hydrogens is 405 g/mol. The molecule has 23 heavy (non-hydrogen) atoms. The van der Waals surface area contributed by atoms with Crippen LogP contribution in [0.3, 0.4) is 0 Å². The molecule has 0 fully saturated rings. The fourth-order valence-corrected chi connectivity index (χ4v) is 2.13. The van der Waals surface area contributed by atoms with Crippen LogP contribution in [0.4, 0.5) is 0 Å². The number of aliphatic imine (C=N–C) groups is 1. The number of hydrogen-bond donors (Lipinski definition) is 1. The number of nitrogens with zero attached hydrogens (tertiary/aromatic N) is 2. The number of nitrogens with two attached hydrogens (primary N) is 1. The molecule has 0 bridgehead atoms. The first-order valence-corrected chi connectivity index (χ1v) is 7.88. The zero-order valence-electron chi connectivity index (χ0n) is 14.7. The van der Waals surface area contributed by atoms with E-state index in [1.165, 1.54) is 5.56 Å². The standard InChI is InChI=1S/C17H29N3O2.HI/c1-5-20(6-2)17(18)19-13-15-9-8-14(3)12-16(15)22-11-7-10-21-4;/h8-9,12H,5-7,10-11,13H2,1-4H3,(H2,18,19);1H. The van der Waals surface area contributed by atoms with Crippen molar-refractivity contribution >= 4 is 29.9 Å². The molecule has 1 aromatic rings. The molecule has 0 amide bonds. The number of ether oxygens (including phenoxy) is 2. The van der Waals surface area contributed by atoms with E-state index in [0.717, 1.165) is 30.8 Å². The van der Waals surface area contributed by atoms with Crippen molar-refractivity contribution in [3.05, 3.63) is 29.3 Å². The zero-order chi connectivity index (χ0) is 16.4. The highest BCUT2D eigenvalue weighted by Crippen LogP contribution is 2.21. The second-order valence-corrected chi connectivity index (χ2v) is 5.15. The topological polar surface area (TPSA) is 60.1 Å². The summed E-state index contributed by atoms with van der Waals surface area (Å²) in [5, 5.41) is 0. The fourth-order valence-electron chi connectivity index (χ4n) is 2.13. The van der Waals surface area contributed by atoms with E-state index in [1.54, 1.807) is 7.11 Å². The summed E-state index contributed by atoms with van der Waals surface area (Å²) >= 11 is 0. The number of methoxy groups -OCH3 is 1. The maximum atomic E-state index is 6.03. The summed E-state index contributed by atoms with van der Waals surface area (Å²) in [4.78, 5) is 6.52. The largest absolute Gasteiger partial charge is 0.493 e. The van der Waals surface area contributed by atoms with Crippen LogP contribution in [0, 0.1) is 6.92 Å². The van der Waals surface area contributed by atoms with E-state index in [4.69, 9.17) is 15.2 Å². The monoisotopic (exact) mass is 435 g/mol. The summed E-state index contributed by atoms with van der Waals surface area (Å²) in [7, 11) is 1.70. The first-order valence-electron chi connectivity index (χ1n) is 7.88. The summed E-state index contributed by atoms with van der Waals surface area (Å²) < 4.78 is 10.9. The first kappa shape index (κ1) is 22.0. The van der Waals surface area contributed by atoms with Gasteiger partial charge < -0.3 is 20.1 Å². The quantitative estimate of drug-likeness (QED) is 0.280. The van der Waals surface area contributed by atoms with E-state index in [2.05, 4.69) is 37.9 Å². The van der Waals surface area contributed by atoms with Crippen LogP contribution in [0.1, 0.15) is 31.4 Å². The Morgan fingerprint density at radius 3 is 2.52 bits per heavy atom. The Kier molecular flexibility index (Phi) is 11.9. The molecule has 0 aromatic heterocycles. The normalized spacial score (nSPS) is 11.0. The molecule has 0 radical (unpaired) electrons. The molecule has 132 valence electrons. The number of benzene rings is 1. The average molecular weight is 435 g/mol.